The number of ether oxygens (including phenoxy) is 1. The fourth-order valence-electron chi connectivity index (χ4n) is 2.52. The summed E-state index contributed by atoms with van der Waals surface area (Å²) in [5.41, 5.74) is 0.788. The Balaban J connectivity index is 2.06. The molecule has 1 aliphatic rings. The Morgan fingerprint density at radius 3 is 2.21 bits per heavy atom. The number of thiocarbonyl (C=S) groups is 1. The normalized spacial score (nSPS) is 14.1. The van der Waals surface area contributed by atoms with E-state index in [0.717, 1.165) is 5.56 Å². The second kappa shape index (κ2) is 8.02. The zero-order valence-corrected chi connectivity index (χ0v) is 17.0. The topological polar surface area (TPSA) is 111 Å². The lowest BCUT2D eigenvalue weighted by molar-refractivity contribution is -0.123. The van der Waals surface area contributed by atoms with Gasteiger partial charge in [-0.2, -0.15) is 8.42 Å². The lowest BCUT2D eigenvalue weighted by atomic mass is 10.1. The molecule has 10 heteroatoms. The van der Waals surface area contributed by atoms with Crippen LogP contribution < -0.4 is 19.6 Å². The highest BCUT2D eigenvalue weighted by atomic mass is 32.2. The van der Waals surface area contributed by atoms with Gasteiger partial charge in [0, 0.05) is 5.56 Å². The van der Waals surface area contributed by atoms with Crippen molar-refractivity contribution in [1.82, 2.24) is 10.6 Å². The van der Waals surface area contributed by atoms with Crippen molar-refractivity contribution in [2.45, 2.75) is 11.8 Å². The average molecular weight is 432 g/mol. The monoisotopic (exact) mass is 432 g/mol. The number of aryl methyl sites for hydroxylation is 1. The van der Waals surface area contributed by atoms with E-state index in [1.807, 2.05) is 6.92 Å². The van der Waals surface area contributed by atoms with E-state index in [2.05, 4.69) is 10.6 Å². The zero-order chi connectivity index (χ0) is 21.2. The summed E-state index contributed by atoms with van der Waals surface area (Å²) < 4.78 is 36.0. The van der Waals surface area contributed by atoms with E-state index in [4.69, 9.17) is 21.1 Å². The summed E-state index contributed by atoms with van der Waals surface area (Å²) in [4.78, 5) is 24.2. The molecular formula is C19H16N2O6S2. The van der Waals surface area contributed by atoms with Crippen molar-refractivity contribution in [3.8, 4) is 11.5 Å². The summed E-state index contributed by atoms with van der Waals surface area (Å²) >= 11 is 4.76. The molecule has 2 amide bonds. The minimum absolute atomic E-state index is 0.0499. The number of amides is 2. The Bertz CT molecular complexity index is 1120. The molecule has 29 heavy (non-hydrogen) atoms. The second-order valence-corrected chi connectivity index (χ2v) is 7.98. The fourth-order valence-corrected chi connectivity index (χ4v) is 3.67. The van der Waals surface area contributed by atoms with Crippen molar-refractivity contribution in [3.05, 3.63) is 59.2 Å². The van der Waals surface area contributed by atoms with Gasteiger partial charge in [0.05, 0.1) is 7.11 Å². The van der Waals surface area contributed by atoms with Gasteiger partial charge in [-0.25, -0.2) is 0 Å². The molecule has 2 aromatic carbocycles. The molecule has 0 unspecified atom stereocenters. The molecule has 0 atom stereocenters. The van der Waals surface area contributed by atoms with Crippen LogP contribution >= 0.6 is 12.2 Å². The van der Waals surface area contributed by atoms with Crippen LogP contribution in [0.25, 0.3) is 6.08 Å². The van der Waals surface area contributed by atoms with Crippen LogP contribution in [-0.2, 0) is 19.7 Å². The van der Waals surface area contributed by atoms with Crippen LogP contribution in [0.1, 0.15) is 11.1 Å². The highest BCUT2D eigenvalue weighted by Gasteiger charge is 2.27. The minimum Gasteiger partial charge on any atom is -0.493 e. The number of carbonyl (C=O) groups excluding carboxylic acids is 2. The third-order valence-electron chi connectivity index (χ3n) is 3.98. The first-order valence-electron chi connectivity index (χ1n) is 8.28. The van der Waals surface area contributed by atoms with Crippen molar-refractivity contribution in [2.75, 3.05) is 7.11 Å². The predicted molar refractivity (Wildman–Crippen MR) is 109 cm³/mol. The van der Waals surface area contributed by atoms with Crippen LogP contribution in [0.2, 0.25) is 0 Å². The van der Waals surface area contributed by atoms with Gasteiger partial charge >= 0.3 is 10.1 Å². The minimum atomic E-state index is -4.19. The van der Waals surface area contributed by atoms with E-state index >= 15 is 0 Å². The van der Waals surface area contributed by atoms with E-state index in [1.165, 1.54) is 37.5 Å². The predicted octanol–water partition coefficient (Wildman–Crippen LogP) is 1.69. The first kappa shape index (κ1) is 20.5. The standard InChI is InChI=1S/C19H16N2O6S2/c1-11-6-8-13(9-7-11)29(24,25)27-16-12(4-3-5-15(16)26-2)10-14-17(22)20-19(28)21-18(14)23/h3-10H,1-2H3,(H2,20,21,22,23,28). The van der Waals surface area contributed by atoms with Crippen LogP contribution in [0.5, 0.6) is 11.5 Å². The highest BCUT2D eigenvalue weighted by molar-refractivity contribution is 7.87. The molecule has 1 aliphatic heterocycles. The number of methoxy groups -OCH3 is 1. The molecule has 0 aromatic heterocycles. The molecule has 2 N–H and O–H groups in total. The smallest absolute Gasteiger partial charge is 0.339 e. The molecule has 0 spiro atoms. The average Bonchev–Trinajstić information content (AvgIpc) is 2.65. The molecular weight excluding hydrogens is 416 g/mol. The second-order valence-electron chi connectivity index (χ2n) is 6.02. The van der Waals surface area contributed by atoms with Gasteiger partial charge in [-0.05, 0) is 43.4 Å². The molecule has 1 saturated heterocycles. The fraction of sp³-hybridized carbons (Fsp3) is 0.105. The quantitative estimate of drug-likeness (QED) is 0.320. The molecule has 8 nitrogen and oxygen atoms in total. The van der Waals surface area contributed by atoms with Crippen molar-refractivity contribution in [2.24, 2.45) is 0 Å². The van der Waals surface area contributed by atoms with Gasteiger partial charge in [0.15, 0.2) is 16.6 Å². The van der Waals surface area contributed by atoms with Crippen LogP contribution in [0.3, 0.4) is 0 Å². The van der Waals surface area contributed by atoms with Gasteiger partial charge in [0.2, 0.25) is 0 Å². The van der Waals surface area contributed by atoms with Gasteiger partial charge in [-0.15, -0.1) is 0 Å². The van der Waals surface area contributed by atoms with Gasteiger partial charge in [0.25, 0.3) is 11.8 Å². The molecule has 0 bridgehead atoms. The number of carbonyl (C=O) groups is 2. The Hall–Kier alpha value is -3.24. The van der Waals surface area contributed by atoms with Crippen LogP contribution in [0, 0.1) is 6.92 Å². The molecule has 0 radical (unpaired) electrons. The maximum absolute atomic E-state index is 12.7. The maximum Gasteiger partial charge on any atom is 0.339 e. The van der Waals surface area contributed by atoms with Gasteiger partial charge in [0.1, 0.15) is 10.5 Å². The Labute approximate surface area is 172 Å². The molecule has 0 saturated carbocycles. The number of nitrogens with one attached hydrogen (secondary N) is 2. The van der Waals surface area contributed by atoms with E-state index in [-0.39, 0.29) is 32.6 Å². The van der Waals surface area contributed by atoms with E-state index in [9.17, 15) is 18.0 Å². The highest BCUT2D eigenvalue weighted by Crippen LogP contribution is 2.35. The Morgan fingerprint density at radius 2 is 1.62 bits per heavy atom. The molecule has 150 valence electrons. The molecule has 2 aromatic rings. The Kier molecular flexibility index (Phi) is 5.66. The summed E-state index contributed by atoms with van der Waals surface area (Å²) in [7, 11) is -2.85. The number of hydrogen-bond acceptors (Lipinski definition) is 7. The first-order valence-corrected chi connectivity index (χ1v) is 10.1. The molecule has 0 aliphatic carbocycles. The number of para-hydroxylation sites is 1. The lowest BCUT2D eigenvalue weighted by Crippen LogP contribution is -2.51. The van der Waals surface area contributed by atoms with E-state index in [1.54, 1.807) is 18.2 Å². The van der Waals surface area contributed by atoms with Crippen molar-refractivity contribution < 1.29 is 26.9 Å². The number of benzene rings is 2. The summed E-state index contributed by atoms with van der Waals surface area (Å²) in [6.07, 6.45) is 1.20. The van der Waals surface area contributed by atoms with Crippen LogP contribution in [0.15, 0.2) is 52.9 Å². The number of hydrogen-bond donors (Lipinski definition) is 2. The largest absolute Gasteiger partial charge is 0.493 e. The summed E-state index contributed by atoms with van der Waals surface area (Å²) in [5.74, 6) is -1.47. The summed E-state index contributed by atoms with van der Waals surface area (Å²) in [5, 5.41) is 4.51. The number of rotatable bonds is 5. The van der Waals surface area contributed by atoms with Gasteiger partial charge < -0.3 is 8.92 Å². The van der Waals surface area contributed by atoms with Crippen LogP contribution in [-0.4, -0.2) is 32.5 Å². The first-order chi connectivity index (χ1) is 13.7. The van der Waals surface area contributed by atoms with Crippen molar-refractivity contribution in [1.29, 1.82) is 0 Å². The van der Waals surface area contributed by atoms with Gasteiger partial charge in [-0.1, -0.05) is 29.8 Å². The summed E-state index contributed by atoms with van der Waals surface area (Å²) in [6.45, 7) is 1.83. The zero-order valence-electron chi connectivity index (χ0n) is 15.4. The third-order valence-corrected chi connectivity index (χ3v) is 5.41. The summed E-state index contributed by atoms with van der Waals surface area (Å²) in [6, 6.07) is 10.7. The van der Waals surface area contributed by atoms with Crippen molar-refractivity contribution in [3.63, 3.8) is 0 Å². The molecule has 1 fully saturated rings. The molecule has 3 rings (SSSR count). The van der Waals surface area contributed by atoms with Crippen LogP contribution in [0.4, 0.5) is 0 Å². The van der Waals surface area contributed by atoms with E-state index in [0.29, 0.717) is 0 Å². The lowest BCUT2D eigenvalue weighted by Gasteiger charge is -2.17. The van der Waals surface area contributed by atoms with E-state index < -0.39 is 21.9 Å². The maximum atomic E-state index is 12.7. The Morgan fingerprint density at radius 1 is 1.00 bits per heavy atom. The third kappa shape index (κ3) is 4.44. The SMILES string of the molecule is COc1cccc(C=C2C(=O)NC(=S)NC2=O)c1OS(=O)(=O)c1ccc(C)cc1. The van der Waals surface area contributed by atoms with Crippen molar-refractivity contribution >= 4 is 45.3 Å². The van der Waals surface area contributed by atoms with Gasteiger partial charge in [-0.3, -0.25) is 20.2 Å². The molecule has 1 heterocycles.